The molecule has 3 aliphatic rings. The first-order valence-electron chi connectivity index (χ1n) is 8.43. The maximum absolute atomic E-state index is 8.94. The zero-order valence-electron chi connectivity index (χ0n) is 13.2. The molecule has 5 heteroatoms. The summed E-state index contributed by atoms with van der Waals surface area (Å²) >= 11 is 0. The largest absolute Gasteiger partial charge is 0.409 e. The summed E-state index contributed by atoms with van der Waals surface area (Å²) in [7, 11) is 0. The van der Waals surface area contributed by atoms with E-state index in [9.17, 15) is 0 Å². The van der Waals surface area contributed by atoms with Crippen LogP contribution in [-0.4, -0.2) is 47.3 Å². The lowest BCUT2D eigenvalue weighted by molar-refractivity contribution is -0.105. The molecule has 21 heavy (non-hydrogen) atoms. The third kappa shape index (κ3) is 2.90. The summed E-state index contributed by atoms with van der Waals surface area (Å²) in [5.74, 6) is 0.390. The highest BCUT2D eigenvalue weighted by Gasteiger charge is 2.43. The number of rotatable bonds is 2. The van der Waals surface area contributed by atoms with Gasteiger partial charge in [-0.25, -0.2) is 0 Å². The Labute approximate surface area is 127 Å². The summed E-state index contributed by atoms with van der Waals surface area (Å²) in [4.78, 5) is 2.62. The highest BCUT2D eigenvalue weighted by molar-refractivity contribution is 5.85. The molecule has 0 aromatic heterocycles. The first-order valence-corrected chi connectivity index (χ1v) is 8.43. The molecule has 2 saturated heterocycles. The van der Waals surface area contributed by atoms with Crippen LogP contribution >= 0.6 is 0 Å². The maximum atomic E-state index is 8.94. The molecule has 0 bridgehead atoms. The first-order chi connectivity index (χ1) is 10.1. The number of oxime groups is 1. The zero-order valence-corrected chi connectivity index (χ0v) is 13.2. The number of ether oxygens (including phenoxy) is 1. The van der Waals surface area contributed by atoms with Gasteiger partial charge >= 0.3 is 0 Å². The molecule has 0 radical (unpaired) electrons. The van der Waals surface area contributed by atoms with Crippen molar-refractivity contribution in [1.82, 2.24) is 4.90 Å². The van der Waals surface area contributed by atoms with Gasteiger partial charge in [-0.15, -0.1) is 0 Å². The Morgan fingerprint density at radius 3 is 2.52 bits per heavy atom. The highest BCUT2D eigenvalue weighted by Crippen LogP contribution is 2.42. The van der Waals surface area contributed by atoms with Crippen LogP contribution in [0.2, 0.25) is 0 Å². The van der Waals surface area contributed by atoms with Crippen LogP contribution in [0.5, 0.6) is 0 Å². The van der Waals surface area contributed by atoms with Gasteiger partial charge in [0.15, 0.2) is 0 Å². The van der Waals surface area contributed by atoms with Gasteiger partial charge in [0.25, 0.3) is 0 Å². The summed E-state index contributed by atoms with van der Waals surface area (Å²) in [5, 5.41) is 12.2. The summed E-state index contributed by atoms with van der Waals surface area (Å²) < 4.78 is 6.15. The fourth-order valence-electron chi connectivity index (χ4n) is 4.44. The number of hydrogen-bond donors (Lipinski definition) is 2. The van der Waals surface area contributed by atoms with E-state index < -0.39 is 0 Å². The zero-order chi connectivity index (χ0) is 14.9. The van der Waals surface area contributed by atoms with E-state index in [-0.39, 0.29) is 11.0 Å². The molecule has 3 N–H and O–H groups in total. The maximum Gasteiger partial charge on any atom is 0.145 e. The van der Waals surface area contributed by atoms with Gasteiger partial charge in [0, 0.05) is 18.1 Å². The van der Waals surface area contributed by atoms with Crippen molar-refractivity contribution in [2.45, 2.75) is 69.9 Å². The predicted molar refractivity (Wildman–Crippen MR) is 82.5 cm³/mol. The van der Waals surface area contributed by atoms with Gasteiger partial charge in [-0.3, -0.25) is 0 Å². The second-order valence-electron chi connectivity index (χ2n) is 7.47. The smallest absolute Gasteiger partial charge is 0.145 e. The Morgan fingerprint density at radius 2 is 1.90 bits per heavy atom. The van der Waals surface area contributed by atoms with Crippen molar-refractivity contribution in [2.24, 2.45) is 16.3 Å². The van der Waals surface area contributed by atoms with Gasteiger partial charge in [0.2, 0.25) is 0 Å². The monoisotopic (exact) mass is 295 g/mol. The minimum atomic E-state index is -0.137. The van der Waals surface area contributed by atoms with Crippen LogP contribution in [-0.2, 0) is 4.74 Å². The van der Waals surface area contributed by atoms with Crippen LogP contribution in [0, 0.1) is 5.41 Å². The van der Waals surface area contributed by atoms with E-state index in [1.807, 2.05) is 0 Å². The first kappa shape index (κ1) is 15.1. The van der Waals surface area contributed by atoms with Gasteiger partial charge in [-0.05, 0) is 51.6 Å². The summed E-state index contributed by atoms with van der Waals surface area (Å²) in [5.41, 5.74) is 5.91. The molecule has 1 spiro atoms. The third-order valence-electron chi connectivity index (χ3n) is 6.13. The van der Waals surface area contributed by atoms with Crippen molar-refractivity contribution in [3.05, 3.63) is 0 Å². The number of amidine groups is 1. The Hall–Kier alpha value is -0.810. The second-order valence-corrected chi connectivity index (χ2v) is 7.47. The molecule has 2 heterocycles. The van der Waals surface area contributed by atoms with Crippen molar-refractivity contribution in [3.8, 4) is 0 Å². The molecule has 0 amide bonds. The molecule has 5 nitrogen and oxygen atoms in total. The van der Waals surface area contributed by atoms with Gasteiger partial charge in [0.05, 0.1) is 5.60 Å². The molecule has 1 aliphatic carbocycles. The van der Waals surface area contributed by atoms with E-state index in [4.69, 9.17) is 15.7 Å². The van der Waals surface area contributed by atoms with E-state index in [0.29, 0.717) is 11.9 Å². The molecule has 1 unspecified atom stereocenters. The molecule has 1 atom stereocenters. The molecular weight excluding hydrogens is 266 g/mol. The third-order valence-corrected chi connectivity index (χ3v) is 6.13. The Morgan fingerprint density at radius 1 is 1.24 bits per heavy atom. The van der Waals surface area contributed by atoms with Crippen molar-refractivity contribution in [3.63, 3.8) is 0 Å². The van der Waals surface area contributed by atoms with Gasteiger partial charge < -0.3 is 20.6 Å². The van der Waals surface area contributed by atoms with Crippen LogP contribution in [0.25, 0.3) is 0 Å². The van der Waals surface area contributed by atoms with E-state index in [1.54, 1.807) is 0 Å². The lowest BCUT2D eigenvalue weighted by Gasteiger charge is -2.47. The predicted octanol–water partition coefficient (Wildman–Crippen LogP) is 2.33. The quantitative estimate of drug-likeness (QED) is 0.355. The van der Waals surface area contributed by atoms with Crippen molar-refractivity contribution in [1.29, 1.82) is 0 Å². The fourth-order valence-corrected chi connectivity index (χ4v) is 4.44. The Balaban J connectivity index is 1.59. The van der Waals surface area contributed by atoms with E-state index >= 15 is 0 Å². The van der Waals surface area contributed by atoms with Crippen LogP contribution < -0.4 is 5.73 Å². The van der Waals surface area contributed by atoms with Gasteiger partial charge in [-0.2, -0.15) is 0 Å². The van der Waals surface area contributed by atoms with E-state index in [2.05, 4.69) is 17.0 Å². The number of likely N-dealkylation sites (tertiary alicyclic amines) is 1. The van der Waals surface area contributed by atoms with Crippen LogP contribution in [0.3, 0.4) is 0 Å². The number of piperidine rings is 1. The van der Waals surface area contributed by atoms with Gasteiger partial charge in [0.1, 0.15) is 5.84 Å². The van der Waals surface area contributed by atoms with Gasteiger partial charge in [-0.1, -0.05) is 24.9 Å². The average Bonchev–Trinajstić information content (AvgIpc) is 2.95. The summed E-state index contributed by atoms with van der Waals surface area (Å²) in [6.45, 7) is 5.13. The van der Waals surface area contributed by atoms with Crippen LogP contribution in [0.1, 0.15) is 58.3 Å². The summed E-state index contributed by atoms with van der Waals surface area (Å²) in [6.07, 6.45) is 9.47. The van der Waals surface area contributed by atoms with Crippen LogP contribution in [0.4, 0.5) is 0 Å². The Bertz CT molecular complexity index is 396. The molecule has 0 aromatic rings. The molecule has 3 rings (SSSR count). The van der Waals surface area contributed by atoms with Crippen molar-refractivity contribution in [2.75, 3.05) is 19.7 Å². The topological polar surface area (TPSA) is 71.1 Å². The average molecular weight is 295 g/mol. The minimum Gasteiger partial charge on any atom is -0.409 e. The molecule has 1 saturated carbocycles. The van der Waals surface area contributed by atoms with E-state index in [1.165, 1.54) is 32.1 Å². The second kappa shape index (κ2) is 5.76. The molecule has 120 valence electrons. The van der Waals surface area contributed by atoms with E-state index in [0.717, 1.165) is 39.0 Å². The number of hydrogen-bond acceptors (Lipinski definition) is 4. The normalized spacial score (nSPS) is 33.4. The SMILES string of the molecule is CC1(C(N)=NO)CCN(C2CCOC3(CCCC3)C2)CC1. The molecule has 0 aromatic carbocycles. The lowest BCUT2D eigenvalue weighted by atomic mass is 9.78. The minimum absolute atomic E-state index is 0.137. The lowest BCUT2D eigenvalue weighted by Crippen LogP contribution is -2.53. The summed E-state index contributed by atoms with van der Waals surface area (Å²) in [6, 6.07) is 0.661. The standard InChI is InChI=1S/C16H29N3O2/c1-15(14(17)18-20)7-9-19(10-8-15)13-4-11-21-16(12-13)5-2-3-6-16/h13,20H,2-12H2,1H3,(H2,17,18). The molecular formula is C16H29N3O2. The number of nitrogens with zero attached hydrogens (tertiary/aromatic N) is 2. The van der Waals surface area contributed by atoms with Crippen molar-refractivity contribution < 1.29 is 9.94 Å². The number of nitrogens with two attached hydrogens (primary N) is 1. The van der Waals surface area contributed by atoms with Crippen LogP contribution in [0.15, 0.2) is 5.16 Å². The molecule has 3 fully saturated rings. The Kier molecular flexibility index (Phi) is 4.14. The van der Waals surface area contributed by atoms with Crippen molar-refractivity contribution >= 4 is 5.84 Å². The highest BCUT2D eigenvalue weighted by atomic mass is 16.5. The molecule has 2 aliphatic heterocycles. The fraction of sp³-hybridized carbons (Fsp3) is 0.938.